The molecule has 5 nitrogen and oxygen atoms in total. The Kier molecular flexibility index (Phi) is 6.21. The molecule has 0 saturated carbocycles. The van der Waals surface area contributed by atoms with Crippen LogP contribution in [0.1, 0.15) is 33.4 Å². The number of rotatable bonds is 6. The number of ether oxygens (including phenoxy) is 1. The zero-order valence-electron chi connectivity index (χ0n) is 16.1. The van der Waals surface area contributed by atoms with E-state index in [1.54, 1.807) is 6.92 Å². The Balaban J connectivity index is 1.65. The molecule has 1 heterocycles. The van der Waals surface area contributed by atoms with Crippen molar-refractivity contribution >= 4 is 28.9 Å². The van der Waals surface area contributed by atoms with Gasteiger partial charge < -0.3 is 10.1 Å². The normalized spacial score (nSPS) is 10.5. The number of para-hydroxylation sites is 1. The molecule has 3 rings (SSSR count). The van der Waals surface area contributed by atoms with E-state index < -0.39 is 5.97 Å². The Labute approximate surface area is 168 Å². The molecule has 0 spiro atoms. The van der Waals surface area contributed by atoms with Crippen LogP contribution in [0.5, 0.6) is 0 Å². The van der Waals surface area contributed by atoms with Gasteiger partial charge in [-0.2, -0.15) is 0 Å². The Bertz CT molecular complexity index is 996. The van der Waals surface area contributed by atoms with Gasteiger partial charge in [-0.3, -0.25) is 4.79 Å². The molecular weight excluding hydrogens is 372 g/mol. The van der Waals surface area contributed by atoms with Gasteiger partial charge in [-0.25, -0.2) is 9.78 Å². The highest BCUT2D eigenvalue weighted by atomic mass is 32.1. The fraction of sp³-hybridized carbons (Fsp3) is 0.227. The second-order valence-electron chi connectivity index (χ2n) is 6.39. The minimum absolute atomic E-state index is 0.339. The molecule has 0 radical (unpaired) electrons. The van der Waals surface area contributed by atoms with E-state index in [0.29, 0.717) is 10.6 Å². The maximum absolute atomic E-state index is 12.4. The summed E-state index contributed by atoms with van der Waals surface area (Å²) in [5.41, 5.74) is 4.35. The number of amides is 1. The lowest BCUT2D eigenvalue weighted by molar-refractivity contribution is -0.119. The van der Waals surface area contributed by atoms with Gasteiger partial charge >= 0.3 is 5.97 Å². The fourth-order valence-electron chi connectivity index (χ4n) is 2.86. The fourth-order valence-corrected chi connectivity index (χ4v) is 3.83. The number of aryl methyl sites for hydroxylation is 3. The average molecular weight is 394 g/mol. The van der Waals surface area contributed by atoms with E-state index in [4.69, 9.17) is 4.74 Å². The first-order chi connectivity index (χ1) is 13.5. The molecule has 1 aromatic heterocycles. The highest BCUT2D eigenvalue weighted by Crippen LogP contribution is 2.28. The zero-order chi connectivity index (χ0) is 20.1. The number of hydrogen-bond acceptors (Lipinski definition) is 5. The van der Waals surface area contributed by atoms with Crippen molar-refractivity contribution in [3.63, 3.8) is 0 Å². The number of aromatic nitrogens is 1. The van der Waals surface area contributed by atoms with Crippen molar-refractivity contribution in [1.82, 2.24) is 4.98 Å². The predicted octanol–water partition coefficient (Wildman–Crippen LogP) is 4.78. The average Bonchev–Trinajstić information content (AvgIpc) is 3.10. The molecule has 28 heavy (non-hydrogen) atoms. The zero-order valence-corrected chi connectivity index (χ0v) is 16.9. The summed E-state index contributed by atoms with van der Waals surface area (Å²) >= 11 is 1.27. The van der Waals surface area contributed by atoms with Crippen LogP contribution in [0, 0.1) is 13.8 Å². The van der Waals surface area contributed by atoms with E-state index >= 15 is 0 Å². The minimum Gasteiger partial charge on any atom is -0.451 e. The number of carbonyl (C=O) groups is 2. The van der Waals surface area contributed by atoms with Crippen LogP contribution >= 0.6 is 11.3 Å². The Hall–Kier alpha value is -2.99. The van der Waals surface area contributed by atoms with Crippen LogP contribution in [0.4, 0.5) is 5.69 Å². The first-order valence-electron chi connectivity index (χ1n) is 9.08. The van der Waals surface area contributed by atoms with Crippen LogP contribution in [-0.4, -0.2) is 23.5 Å². The molecule has 3 aromatic rings. The standard InChI is InChI=1S/C22H22N2O3S/c1-4-16-12-8-9-14(2)19(16)24-18(25)13-27-22(26)20-15(3)23-21(28-20)17-10-6-5-7-11-17/h5-12H,4,13H2,1-3H3,(H,24,25). The van der Waals surface area contributed by atoms with Gasteiger partial charge in [0, 0.05) is 11.3 Å². The Morgan fingerprint density at radius 3 is 2.54 bits per heavy atom. The van der Waals surface area contributed by atoms with E-state index in [-0.39, 0.29) is 12.5 Å². The van der Waals surface area contributed by atoms with Crippen LogP contribution in [0.3, 0.4) is 0 Å². The summed E-state index contributed by atoms with van der Waals surface area (Å²) in [6.07, 6.45) is 0.805. The van der Waals surface area contributed by atoms with E-state index in [2.05, 4.69) is 10.3 Å². The maximum atomic E-state index is 12.4. The molecule has 1 N–H and O–H groups in total. The summed E-state index contributed by atoms with van der Waals surface area (Å²) in [5, 5.41) is 3.61. The van der Waals surface area contributed by atoms with Crippen molar-refractivity contribution in [2.24, 2.45) is 0 Å². The van der Waals surface area contributed by atoms with Crippen LogP contribution in [-0.2, 0) is 16.0 Å². The summed E-state index contributed by atoms with van der Waals surface area (Å²) in [7, 11) is 0. The van der Waals surface area contributed by atoms with Crippen molar-refractivity contribution in [3.8, 4) is 10.6 Å². The third kappa shape index (κ3) is 4.46. The largest absolute Gasteiger partial charge is 0.451 e. The summed E-state index contributed by atoms with van der Waals surface area (Å²) in [6, 6.07) is 15.5. The number of benzene rings is 2. The molecule has 6 heteroatoms. The maximum Gasteiger partial charge on any atom is 0.350 e. The van der Waals surface area contributed by atoms with Crippen molar-refractivity contribution in [1.29, 1.82) is 0 Å². The molecule has 0 aliphatic carbocycles. The second-order valence-corrected chi connectivity index (χ2v) is 7.39. The predicted molar refractivity (Wildman–Crippen MR) is 112 cm³/mol. The highest BCUT2D eigenvalue weighted by molar-refractivity contribution is 7.17. The molecule has 0 atom stereocenters. The van der Waals surface area contributed by atoms with Crippen molar-refractivity contribution in [2.75, 3.05) is 11.9 Å². The van der Waals surface area contributed by atoms with E-state index in [1.165, 1.54) is 11.3 Å². The van der Waals surface area contributed by atoms with E-state index in [9.17, 15) is 9.59 Å². The van der Waals surface area contributed by atoms with Gasteiger partial charge in [-0.1, -0.05) is 55.5 Å². The van der Waals surface area contributed by atoms with Crippen molar-refractivity contribution in [2.45, 2.75) is 27.2 Å². The molecule has 144 valence electrons. The number of hydrogen-bond donors (Lipinski definition) is 1. The third-order valence-corrected chi connectivity index (χ3v) is 5.53. The van der Waals surface area contributed by atoms with Crippen LogP contribution in [0.2, 0.25) is 0 Å². The first kappa shape index (κ1) is 19.8. The molecule has 0 unspecified atom stereocenters. The van der Waals surface area contributed by atoms with Gasteiger partial charge in [0.15, 0.2) is 6.61 Å². The summed E-state index contributed by atoms with van der Waals surface area (Å²) in [4.78, 5) is 29.6. The lowest BCUT2D eigenvalue weighted by Gasteiger charge is -2.13. The number of nitrogens with zero attached hydrogens (tertiary/aromatic N) is 1. The van der Waals surface area contributed by atoms with Gasteiger partial charge in [-0.05, 0) is 31.4 Å². The van der Waals surface area contributed by atoms with Gasteiger partial charge in [0.1, 0.15) is 9.88 Å². The lowest BCUT2D eigenvalue weighted by atomic mass is 10.1. The molecule has 0 fully saturated rings. The first-order valence-corrected chi connectivity index (χ1v) is 9.89. The number of carbonyl (C=O) groups excluding carboxylic acids is 2. The van der Waals surface area contributed by atoms with Gasteiger partial charge in [0.05, 0.1) is 5.69 Å². The Morgan fingerprint density at radius 2 is 1.82 bits per heavy atom. The van der Waals surface area contributed by atoms with Gasteiger partial charge in [0.25, 0.3) is 5.91 Å². The molecule has 1 amide bonds. The topological polar surface area (TPSA) is 68.3 Å². The molecule has 0 bridgehead atoms. The summed E-state index contributed by atoms with van der Waals surface area (Å²) in [6.45, 7) is 5.39. The van der Waals surface area contributed by atoms with Gasteiger partial charge in [-0.15, -0.1) is 11.3 Å². The Morgan fingerprint density at radius 1 is 1.07 bits per heavy atom. The molecule has 2 aromatic carbocycles. The number of esters is 1. The van der Waals surface area contributed by atoms with Crippen LogP contribution in [0.25, 0.3) is 10.6 Å². The monoisotopic (exact) mass is 394 g/mol. The molecule has 0 aliphatic rings. The summed E-state index contributed by atoms with van der Waals surface area (Å²) in [5.74, 6) is -0.893. The lowest BCUT2D eigenvalue weighted by Crippen LogP contribution is -2.22. The molecule has 0 saturated heterocycles. The SMILES string of the molecule is CCc1cccc(C)c1NC(=O)COC(=O)c1sc(-c2ccccc2)nc1C. The molecular formula is C22H22N2O3S. The number of thiazole rings is 1. The smallest absolute Gasteiger partial charge is 0.350 e. The number of anilines is 1. The van der Waals surface area contributed by atoms with Crippen molar-refractivity contribution < 1.29 is 14.3 Å². The van der Waals surface area contributed by atoms with Crippen LogP contribution in [0.15, 0.2) is 48.5 Å². The second kappa shape index (κ2) is 8.80. The third-order valence-electron chi connectivity index (χ3n) is 4.34. The van der Waals surface area contributed by atoms with Crippen LogP contribution < -0.4 is 5.32 Å². The highest BCUT2D eigenvalue weighted by Gasteiger charge is 2.19. The van der Waals surface area contributed by atoms with Crippen molar-refractivity contribution in [3.05, 3.63) is 70.2 Å². The number of nitrogens with one attached hydrogen (secondary N) is 1. The quantitative estimate of drug-likeness (QED) is 0.611. The minimum atomic E-state index is -0.534. The van der Waals surface area contributed by atoms with Gasteiger partial charge in [0.2, 0.25) is 0 Å². The van der Waals surface area contributed by atoms with E-state index in [1.807, 2.05) is 62.4 Å². The molecule has 0 aliphatic heterocycles. The van der Waals surface area contributed by atoms with E-state index in [0.717, 1.165) is 33.8 Å². The summed E-state index contributed by atoms with van der Waals surface area (Å²) < 4.78 is 5.22.